The first-order chi connectivity index (χ1) is 13.2. The van der Waals surface area contributed by atoms with Crippen LogP contribution >= 0.6 is 0 Å². The van der Waals surface area contributed by atoms with Gasteiger partial charge in [0.2, 0.25) is 5.91 Å². The third kappa shape index (κ3) is 3.54. The molecule has 4 rings (SSSR count). The van der Waals surface area contributed by atoms with E-state index in [4.69, 9.17) is 4.74 Å². The zero-order chi connectivity index (χ0) is 18.8. The first-order valence-electron chi connectivity index (χ1n) is 9.95. The zero-order valence-electron chi connectivity index (χ0n) is 16.2. The van der Waals surface area contributed by atoms with Crippen molar-refractivity contribution in [3.8, 4) is 0 Å². The summed E-state index contributed by atoms with van der Waals surface area (Å²) in [5.74, 6) is 1.42. The minimum absolute atomic E-state index is 0.208. The number of amides is 1. The number of carbonyl (C=O) groups excluding carboxylic acids is 1. The molecule has 5 nitrogen and oxygen atoms in total. The molecule has 5 heteroatoms. The molecule has 2 N–H and O–H groups in total. The fourth-order valence-electron chi connectivity index (χ4n) is 4.73. The first kappa shape index (κ1) is 18.3. The standard InChI is InChI=1S/C22H29N3O2/c1-25-20(26)13-16-10-11-19(27-2)17(22(16)25)14-24-18-9-6-12-23-21(18)15-7-4-3-5-8-15/h3-5,7-8,11,16,18,21,23-24H,6,9-10,12-14H2,1-2H3. The van der Waals surface area contributed by atoms with Crippen LogP contribution in [0.2, 0.25) is 0 Å². The summed E-state index contributed by atoms with van der Waals surface area (Å²) in [5, 5.41) is 7.44. The lowest BCUT2D eigenvalue weighted by molar-refractivity contribution is -0.125. The van der Waals surface area contributed by atoms with E-state index in [0.717, 1.165) is 43.0 Å². The second-order valence-corrected chi connectivity index (χ2v) is 7.70. The summed E-state index contributed by atoms with van der Waals surface area (Å²) in [7, 11) is 3.61. The van der Waals surface area contributed by atoms with E-state index in [0.29, 0.717) is 24.4 Å². The molecule has 1 amide bonds. The number of allylic oxidation sites excluding steroid dienone is 2. The number of nitrogens with one attached hydrogen (secondary N) is 2. The normalized spacial score (nSPS) is 28.2. The molecule has 3 atom stereocenters. The molecular weight excluding hydrogens is 338 g/mol. The van der Waals surface area contributed by atoms with Crippen molar-refractivity contribution < 1.29 is 9.53 Å². The molecule has 1 aromatic rings. The van der Waals surface area contributed by atoms with Crippen LogP contribution in [0.15, 0.2) is 53.4 Å². The van der Waals surface area contributed by atoms with Crippen LogP contribution in [-0.4, -0.2) is 44.1 Å². The van der Waals surface area contributed by atoms with Gasteiger partial charge in [-0.3, -0.25) is 4.79 Å². The first-order valence-corrected chi connectivity index (χ1v) is 9.95. The van der Waals surface area contributed by atoms with Crippen LogP contribution in [0.3, 0.4) is 0 Å². The number of methoxy groups -OCH3 is 1. The van der Waals surface area contributed by atoms with Crippen molar-refractivity contribution in [1.82, 2.24) is 15.5 Å². The maximum atomic E-state index is 12.2. The molecule has 3 aliphatic rings. The quantitative estimate of drug-likeness (QED) is 0.840. The average molecular weight is 367 g/mol. The average Bonchev–Trinajstić information content (AvgIpc) is 3.01. The summed E-state index contributed by atoms with van der Waals surface area (Å²) in [4.78, 5) is 14.1. The Balaban J connectivity index is 1.55. The summed E-state index contributed by atoms with van der Waals surface area (Å²) in [6.07, 6.45) is 5.95. The molecule has 144 valence electrons. The van der Waals surface area contributed by atoms with Gasteiger partial charge in [-0.25, -0.2) is 0 Å². The highest BCUT2D eigenvalue weighted by atomic mass is 16.5. The minimum atomic E-state index is 0.208. The van der Waals surface area contributed by atoms with Crippen molar-refractivity contribution in [3.63, 3.8) is 0 Å². The van der Waals surface area contributed by atoms with Crippen molar-refractivity contribution in [2.24, 2.45) is 5.92 Å². The molecular formula is C22H29N3O2. The Hall–Kier alpha value is -2.11. The third-order valence-corrected chi connectivity index (χ3v) is 6.12. The lowest BCUT2D eigenvalue weighted by atomic mass is 9.89. The molecule has 0 saturated carbocycles. The molecule has 0 spiro atoms. The van der Waals surface area contributed by atoms with Gasteiger partial charge in [-0.1, -0.05) is 30.3 Å². The van der Waals surface area contributed by atoms with Gasteiger partial charge in [0.25, 0.3) is 0 Å². The Morgan fingerprint density at radius 3 is 2.89 bits per heavy atom. The van der Waals surface area contributed by atoms with Gasteiger partial charge in [0.1, 0.15) is 5.76 Å². The van der Waals surface area contributed by atoms with Crippen LogP contribution in [-0.2, 0) is 9.53 Å². The maximum Gasteiger partial charge on any atom is 0.227 e. The molecule has 1 aromatic carbocycles. The number of ether oxygens (including phenoxy) is 1. The predicted molar refractivity (Wildman–Crippen MR) is 106 cm³/mol. The number of benzene rings is 1. The highest BCUT2D eigenvalue weighted by Crippen LogP contribution is 2.39. The van der Waals surface area contributed by atoms with E-state index in [9.17, 15) is 4.79 Å². The SMILES string of the molecule is COC1=CCC2CC(=O)N(C)C2=C1CNC1CCCNC1c1ccccc1. The summed E-state index contributed by atoms with van der Waals surface area (Å²) in [6, 6.07) is 11.3. The second-order valence-electron chi connectivity index (χ2n) is 7.70. The lowest BCUT2D eigenvalue weighted by Gasteiger charge is -2.35. The van der Waals surface area contributed by atoms with Crippen molar-refractivity contribution in [1.29, 1.82) is 0 Å². The number of piperidine rings is 1. The van der Waals surface area contributed by atoms with Crippen LogP contribution in [0.4, 0.5) is 0 Å². The van der Waals surface area contributed by atoms with Crippen LogP contribution in [0, 0.1) is 5.92 Å². The molecule has 2 fully saturated rings. The zero-order valence-corrected chi connectivity index (χ0v) is 16.2. The largest absolute Gasteiger partial charge is 0.497 e. The van der Waals surface area contributed by atoms with Crippen LogP contribution < -0.4 is 10.6 Å². The molecule has 1 aliphatic carbocycles. The van der Waals surface area contributed by atoms with E-state index >= 15 is 0 Å². The van der Waals surface area contributed by atoms with E-state index in [1.807, 2.05) is 11.9 Å². The van der Waals surface area contributed by atoms with Crippen molar-refractivity contribution in [3.05, 3.63) is 59.0 Å². The topological polar surface area (TPSA) is 53.6 Å². The second kappa shape index (κ2) is 7.87. The highest BCUT2D eigenvalue weighted by Gasteiger charge is 2.38. The smallest absolute Gasteiger partial charge is 0.227 e. The van der Waals surface area contributed by atoms with E-state index in [2.05, 4.69) is 47.0 Å². The Kier molecular flexibility index (Phi) is 5.32. The monoisotopic (exact) mass is 367 g/mol. The van der Waals surface area contributed by atoms with Crippen molar-refractivity contribution in [2.75, 3.05) is 27.2 Å². The van der Waals surface area contributed by atoms with Crippen molar-refractivity contribution >= 4 is 5.91 Å². The summed E-state index contributed by atoms with van der Waals surface area (Å²) in [5.41, 5.74) is 3.61. The van der Waals surface area contributed by atoms with Gasteiger partial charge >= 0.3 is 0 Å². The Bertz CT molecular complexity index is 756. The van der Waals surface area contributed by atoms with Gasteiger partial charge < -0.3 is 20.3 Å². The number of likely N-dealkylation sites (tertiary alicyclic amines) is 1. The van der Waals surface area contributed by atoms with Gasteiger partial charge in [-0.15, -0.1) is 0 Å². The van der Waals surface area contributed by atoms with E-state index in [1.165, 1.54) is 12.0 Å². The van der Waals surface area contributed by atoms with Crippen LogP contribution in [0.5, 0.6) is 0 Å². The number of fused-ring (bicyclic) bond motifs is 1. The molecule has 2 heterocycles. The van der Waals surface area contributed by atoms with Crippen LogP contribution in [0.25, 0.3) is 0 Å². The van der Waals surface area contributed by atoms with Gasteiger partial charge in [0.05, 0.1) is 7.11 Å². The molecule has 2 aliphatic heterocycles. The maximum absolute atomic E-state index is 12.2. The molecule has 0 bridgehead atoms. The molecule has 27 heavy (non-hydrogen) atoms. The van der Waals surface area contributed by atoms with E-state index in [-0.39, 0.29) is 5.91 Å². The van der Waals surface area contributed by atoms with Gasteiger partial charge in [-0.05, 0) is 37.4 Å². The molecule has 2 saturated heterocycles. The lowest BCUT2D eigenvalue weighted by Crippen LogP contribution is -2.46. The van der Waals surface area contributed by atoms with Crippen LogP contribution in [0.1, 0.15) is 37.3 Å². The Morgan fingerprint density at radius 1 is 1.30 bits per heavy atom. The number of hydrogen-bond donors (Lipinski definition) is 2. The summed E-state index contributed by atoms with van der Waals surface area (Å²) < 4.78 is 5.66. The highest BCUT2D eigenvalue weighted by molar-refractivity contribution is 5.82. The van der Waals surface area contributed by atoms with Crippen molar-refractivity contribution in [2.45, 2.75) is 37.8 Å². The summed E-state index contributed by atoms with van der Waals surface area (Å²) in [6.45, 7) is 1.77. The third-order valence-electron chi connectivity index (χ3n) is 6.12. The van der Waals surface area contributed by atoms with E-state index < -0.39 is 0 Å². The number of rotatable bonds is 5. The fraction of sp³-hybridized carbons (Fsp3) is 0.500. The predicted octanol–water partition coefficient (Wildman–Crippen LogP) is 2.74. The van der Waals surface area contributed by atoms with Gasteiger partial charge in [-0.2, -0.15) is 0 Å². The number of carbonyl (C=O) groups is 1. The van der Waals surface area contributed by atoms with E-state index in [1.54, 1.807) is 7.11 Å². The van der Waals surface area contributed by atoms with Gasteiger partial charge in [0.15, 0.2) is 0 Å². The number of nitrogens with zero attached hydrogens (tertiary/aromatic N) is 1. The molecule has 3 unspecified atom stereocenters. The fourth-order valence-corrected chi connectivity index (χ4v) is 4.73. The molecule has 0 radical (unpaired) electrons. The Morgan fingerprint density at radius 2 is 2.11 bits per heavy atom. The summed E-state index contributed by atoms with van der Waals surface area (Å²) >= 11 is 0. The minimum Gasteiger partial charge on any atom is -0.497 e. The molecule has 0 aromatic heterocycles. The van der Waals surface area contributed by atoms with Gasteiger partial charge in [0, 0.05) is 49.3 Å². The Labute approximate surface area is 161 Å². The number of hydrogen-bond acceptors (Lipinski definition) is 4.